The molecular weight excluding hydrogens is 257 g/mol. The van der Waals surface area contributed by atoms with Crippen LogP contribution in [0.4, 0.5) is 0 Å². The van der Waals surface area contributed by atoms with E-state index >= 15 is 0 Å². The number of nitrogens with zero attached hydrogens (tertiary/aromatic N) is 1. The second-order valence-electron chi connectivity index (χ2n) is 3.72. The van der Waals surface area contributed by atoms with Crippen LogP contribution in [-0.2, 0) is 6.61 Å². The van der Waals surface area contributed by atoms with E-state index < -0.39 is 0 Å². The lowest BCUT2D eigenvalue weighted by molar-refractivity contribution is 0.280. The Balaban J connectivity index is 2.53. The fourth-order valence-corrected chi connectivity index (χ4v) is 1.99. The maximum Gasteiger partial charge on any atom is 0.0720 e. The Hall–Kier alpha value is -1.09. The third kappa shape index (κ3) is 2.60. The zero-order valence-electron chi connectivity index (χ0n) is 9.24. The van der Waals surface area contributed by atoms with Gasteiger partial charge in [-0.15, -0.1) is 0 Å². The molecule has 0 aliphatic rings. The first-order valence-corrected chi connectivity index (χ1v) is 5.90. The van der Waals surface area contributed by atoms with Crippen LogP contribution in [0.2, 0.25) is 10.0 Å². The Morgan fingerprint density at radius 3 is 2.59 bits per heavy atom. The molecule has 0 saturated heterocycles. The highest BCUT2D eigenvalue weighted by atomic mass is 35.5. The smallest absolute Gasteiger partial charge is 0.0720 e. The maximum atomic E-state index is 9.09. The quantitative estimate of drug-likeness (QED) is 0.897. The molecule has 0 unspecified atom stereocenters. The summed E-state index contributed by atoms with van der Waals surface area (Å²) in [6.45, 7) is 1.84. The van der Waals surface area contributed by atoms with Gasteiger partial charge in [0.1, 0.15) is 0 Å². The number of hydrogen-bond donors (Lipinski definition) is 1. The summed E-state index contributed by atoms with van der Waals surface area (Å²) in [5.41, 5.74) is 3.16. The van der Waals surface area contributed by atoms with Crippen molar-refractivity contribution in [3.63, 3.8) is 0 Å². The molecule has 17 heavy (non-hydrogen) atoms. The molecule has 1 aromatic carbocycles. The molecule has 1 aromatic heterocycles. The van der Waals surface area contributed by atoms with Crippen molar-refractivity contribution >= 4 is 23.2 Å². The van der Waals surface area contributed by atoms with E-state index in [0.29, 0.717) is 10.0 Å². The number of halogens is 2. The molecule has 88 valence electrons. The van der Waals surface area contributed by atoms with E-state index in [1.165, 1.54) is 0 Å². The van der Waals surface area contributed by atoms with E-state index in [9.17, 15) is 0 Å². The molecule has 0 spiro atoms. The fourth-order valence-electron chi connectivity index (χ4n) is 1.60. The average molecular weight is 268 g/mol. The van der Waals surface area contributed by atoms with Gasteiger partial charge < -0.3 is 5.11 Å². The van der Waals surface area contributed by atoms with Gasteiger partial charge in [0.2, 0.25) is 0 Å². The van der Waals surface area contributed by atoms with Gasteiger partial charge in [-0.3, -0.25) is 4.98 Å². The molecule has 0 aliphatic heterocycles. The molecule has 0 fully saturated rings. The highest BCUT2D eigenvalue weighted by molar-refractivity contribution is 6.35. The first kappa shape index (κ1) is 12.4. The lowest BCUT2D eigenvalue weighted by Gasteiger charge is -2.07. The lowest BCUT2D eigenvalue weighted by atomic mass is 10.1. The number of aromatic nitrogens is 1. The van der Waals surface area contributed by atoms with Crippen molar-refractivity contribution in [3.05, 3.63) is 51.6 Å². The topological polar surface area (TPSA) is 33.1 Å². The number of aryl methyl sites for hydroxylation is 1. The Bertz CT molecular complexity index is 555. The van der Waals surface area contributed by atoms with Crippen LogP contribution in [0.1, 0.15) is 11.3 Å². The first-order valence-electron chi connectivity index (χ1n) is 5.14. The molecular formula is C13H11Cl2NO. The standard InChI is InChI=1S/C13H11Cl2NO/c1-8-9(7-17)2-5-13(16-8)11-6-10(14)3-4-12(11)15/h2-6,17H,7H2,1H3. The molecule has 4 heteroatoms. The highest BCUT2D eigenvalue weighted by Gasteiger charge is 2.07. The molecule has 2 aromatic rings. The highest BCUT2D eigenvalue weighted by Crippen LogP contribution is 2.29. The molecule has 1 heterocycles. The summed E-state index contributed by atoms with van der Waals surface area (Å²) in [6.07, 6.45) is 0. The van der Waals surface area contributed by atoms with Gasteiger partial charge in [0.15, 0.2) is 0 Å². The zero-order chi connectivity index (χ0) is 12.4. The van der Waals surface area contributed by atoms with Gasteiger partial charge in [0.05, 0.1) is 17.3 Å². The van der Waals surface area contributed by atoms with Gasteiger partial charge in [0.25, 0.3) is 0 Å². The van der Waals surface area contributed by atoms with Crippen molar-refractivity contribution in [2.45, 2.75) is 13.5 Å². The van der Waals surface area contributed by atoms with E-state index in [4.69, 9.17) is 28.3 Å². The second-order valence-corrected chi connectivity index (χ2v) is 4.57. The van der Waals surface area contributed by atoms with Gasteiger partial charge in [-0.05, 0) is 36.8 Å². The van der Waals surface area contributed by atoms with E-state index in [-0.39, 0.29) is 6.61 Å². The average Bonchev–Trinajstić information content (AvgIpc) is 2.32. The van der Waals surface area contributed by atoms with Crippen molar-refractivity contribution in [3.8, 4) is 11.3 Å². The van der Waals surface area contributed by atoms with Crippen LogP contribution in [-0.4, -0.2) is 10.1 Å². The van der Waals surface area contributed by atoms with Gasteiger partial charge in [-0.1, -0.05) is 29.3 Å². The van der Waals surface area contributed by atoms with Crippen molar-refractivity contribution in [2.75, 3.05) is 0 Å². The van der Waals surface area contributed by atoms with E-state index in [2.05, 4.69) is 4.98 Å². The second kappa shape index (κ2) is 5.05. The summed E-state index contributed by atoms with van der Waals surface area (Å²) in [4.78, 5) is 4.41. The Morgan fingerprint density at radius 1 is 1.18 bits per heavy atom. The summed E-state index contributed by atoms with van der Waals surface area (Å²) < 4.78 is 0. The van der Waals surface area contributed by atoms with Crippen LogP contribution in [0.5, 0.6) is 0 Å². The van der Waals surface area contributed by atoms with Crippen LogP contribution in [0, 0.1) is 6.92 Å². The fraction of sp³-hybridized carbons (Fsp3) is 0.154. The summed E-state index contributed by atoms with van der Waals surface area (Å²) in [5.74, 6) is 0. The number of hydrogen-bond acceptors (Lipinski definition) is 2. The summed E-state index contributed by atoms with van der Waals surface area (Å²) in [5, 5.41) is 10.3. The molecule has 2 nitrogen and oxygen atoms in total. The van der Waals surface area contributed by atoms with Gasteiger partial charge in [-0.25, -0.2) is 0 Å². The predicted molar refractivity (Wildman–Crippen MR) is 70.4 cm³/mol. The van der Waals surface area contributed by atoms with Crippen LogP contribution >= 0.6 is 23.2 Å². The van der Waals surface area contributed by atoms with Gasteiger partial charge in [-0.2, -0.15) is 0 Å². The van der Waals surface area contributed by atoms with Crippen molar-refractivity contribution < 1.29 is 5.11 Å². The monoisotopic (exact) mass is 267 g/mol. The first-order chi connectivity index (χ1) is 8.11. The minimum absolute atomic E-state index is 0.0115. The number of rotatable bonds is 2. The van der Waals surface area contributed by atoms with E-state index in [0.717, 1.165) is 22.5 Å². The minimum Gasteiger partial charge on any atom is -0.392 e. The summed E-state index contributed by atoms with van der Waals surface area (Å²) in [7, 11) is 0. The largest absolute Gasteiger partial charge is 0.392 e. The van der Waals surface area contributed by atoms with Crippen molar-refractivity contribution in [2.24, 2.45) is 0 Å². The Morgan fingerprint density at radius 2 is 1.94 bits per heavy atom. The molecule has 0 aliphatic carbocycles. The number of aliphatic hydroxyl groups is 1. The van der Waals surface area contributed by atoms with Crippen LogP contribution in [0.15, 0.2) is 30.3 Å². The third-order valence-electron chi connectivity index (χ3n) is 2.57. The lowest BCUT2D eigenvalue weighted by Crippen LogP contribution is -1.94. The number of benzene rings is 1. The molecule has 0 saturated carbocycles. The molecule has 2 rings (SSSR count). The zero-order valence-corrected chi connectivity index (χ0v) is 10.8. The predicted octanol–water partition coefficient (Wildman–Crippen LogP) is 3.86. The van der Waals surface area contributed by atoms with Crippen molar-refractivity contribution in [1.82, 2.24) is 4.98 Å². The van der Waals surface area contributed by atoms with E-state index in [1.54, 1.807) is 18.2 Å². The number of aliphatic hydroxyl groups excluding tert-OH is 1. The summed E-state index contributed by atoms with van der Waals surface area (Å²) in [6, 6.07) is 8.94. The molecule has 0 atom stereocenters. The molecule has 0 amide bonds. The van der Waals surface area contributed by atoms with Gasteiger partial charge >= 0.3 is 0 Å². The third-order valence-corrected chi connectivity index (χ3v) is 3.13. The van der Waals surface area contributed by atoms with Gasteiger partial charge in [0, 0.05) is 16.3 Å². The number of pyridine rings is 1. The van der Waals surface area contributed by atoms with Crippen LogP contribution in [0.3, 0.4) is 0 Å². The normalized spacial score (nSPS) is 10.6. The van der Waals surface area contributed by atoms with Crippen LogP contribution in [0.25, 0.3) is 11.3 Å². The molecule has 0 bridgehead atoms. The van der Waals surface area contributed by atoms with E-state index in [1.807, 2.05) is 19.1 Å². The Labute approximate surface area is 110 Å². The van der Waals surface area contributed by atoms with Crippen LogP contribution < -0.4 is 0 Å². The summed E-state index contributed by atoms with van der Waals surface area (Å²) >= 11 is 12.0. The SMILES string of the molecule is Cc1nc(-c2cc(Cl)ccc2Cl)ccc1CO. The minimum atomic E-state index is -0.0115. The Kier molecular flexibility index (Phi) is 3.67. The maximum absolute atomic E-state index is 9.09. The molecule has 1 N–H and O–H groups in total. The van der Waals surface area contributed by atoms with Crippen molar-refractivity contribution in [1.29, 1.82) is 0 Å². The molecule has 0 radical (unpaired) electrons.